The maximum Gasteiger partial charge on any atom is 0.323 e. The Kier molecular flexibility index (Phi) is 6.10. The molecule has 0 aliphatic carbocycles. The third-order valence-corrected chi connectivity index (χ3v) is 3.16. The summed E-state index contributed by atoms with van der Waals surface area (Å²) in [4.78, 5) is 24.1. The minimum atomic E-state index is -1.05. The Hall–Kier alpha value is -2.15. The van der Waals surface area contributed by atoms with Crippen LogP contribution in [0.1, 0.15) is 17.0 Å². The number of carboxylic acid groups (broad SMARTS) is 1. The van der Waals surface area contributed by atoms with Crippen LogP contribution in [0.15, 0.2) is 6.08 Å². The molecule has 1 N–H and O–H groups in total. The van der Waals surface area contributed by atoms with Gasteiger partial charge in [-0.25, -0.2) is 0 Å². The van der Waals surface area contributed by atoms with Crippen LogP contribution in [0.2, 0.25) is 0 Å². The van der Waals surface area contributed by atoms with Crippen LogP contribution in [-0.2, 0) is 21.4 Å². The summed E-state index contributed by atoms with van der Waals surface area (Å²) in [6, 6.07) is 0. The standard InChI is InChI=1S/C14H21N3O4/c1-10-12(11(2)16(3)15-10)5-6-13(18)17(7-8-21-4)9-14(19)20/h5-6H,7-9H2,1-4H3,(H,19,20). The number of aliphatic carboxylic acids is 1. The number of aryl methyl sites for hydroxylation is 2. The Balaban J connectivity index is 2.84. The Bertz CT molecular complexity index is 549. The van der Waals surface area contributed by atoms with E-state index in [1.54, 1.807) is 10.8 Å². The summed E-state index contributed by atoms with van der Waals surface area (Å²) in [7, 11) is 3.33. The first-order valence-corrected chi connectivity index (χ1v) is 6.54. The van der Waals surface area contributed by atoms with Gasteiger partial charge in [-0.2, -0.15) is 5.10 Å². The number of hydrogen-bond donors (Lipinski definition) is 1. The highest BCUT2D eigenvalue weighted by atomic mass is 16.5. The first kappa shape index (κ1) is 16.9. The quantitative estimate of drug-likeness (QED) is 0.745. The van der Waals surface area contributed by atoms with Crippen LogP contribution in [0.3, 0.4) is 0 Å². The van der Waals surface area contributed by atoms with Crippen molar-refractivity contribution in [2.45, 2.75) is 13.8 Å². The lowest BCUT2D eigenvalue weighted by Gasteiger charge is -2.18. The number of hydrogen-bond acceptors (Lipinski definition) is 4. The number of methoxy groups -OCH3 is 1. The van der Waals surface area contributed by atoms with Gasteiger partial charge in [-0.15, -0.1) is 0 Å². The van der Waals surface area contributed by atoms with Crippen molar-refractivity contribution in [3.63, 3.8) is 0 Å². The van der Waals surface area contributed by atoms with Crippen LogP contribution in [0.5, 0.6) is 0 Å². The fraction of sp³-hybridized carbons (Fsp3) is 0.500. The SMILES string of the molecule is COCCN(CC(=O)O)C(=O)C=Cc1c(C)nn(C)c1C. The third-order valence-electron chi connectivity index (χ3n) is 3.16. The second kappa shape index (κ2) is 7.58. The van der Waals surface area contributed by atoms with Crippen molar-refractivity contribution in [3.05, 3.63) is 23.0 Å². The average molecular weight is 295 g/mol. The molecule has 1 aromatic rings. The largest absolute Gasteiger partial charge is 0.480 e. The molecule has 1 rings (SSSR count). The summed E-state index contributed by atoms with van der Waals surface area (Å²) in [5.41, 5.74) is 2.63. The Labute approximate surface area is 123 Å². The monoisotopic (exact) mass is 295 g/mol. The minimum absolute atomic E-state index is 0.233. The number of amides is 1. The molecule has 1 amide bonds. The normalized spacial score (nSPS) is 11.0. The van der Waals surface area contributed by atoms with Crippen molar-refractivity contribution in [2.75, 3.05) is 26.8 Å². The third kappa shape index (κ3) is 4.71. The van der Waals surface area contributed by atoms with Gasteiger partial charge in [0.15, 0.2) is 0 Å². The van der Waals surface area contributed by atoms with Crippen molar-refractivity contribution < 1.29 is 19.4 Å². The van der Waals surface area contributed by atoms with E-state index in [0.29, 0.717) is 0 Å². The van der Waals surface area contributed by atoms with Gasteiger partial charge >= 0.3 is 5.97 Å². The van der Waals surface area contributed by atoms with Gasteiger partial charge in [0.05, 0.1) is 12.3 Å². The van der Waals surface area contributed by atoms with Crippen LogP contribution in [0.25, 0.3) is 6.08 Å². The lowest BCUT2D eigenvalue weighted by Crippen LogP contribution is -2.36. The Morgan fingerprint density at radius 1 is 1.43 bits per heavy atom. The second-order valence-electron chi connectivity index (χ2n) is 4.69. The number of rotatable bonds is 7. The van der Waals surface area contributed by atoms with Gasteiger partial charge in [0.1, 0.15) is 6.54 Å². The fourth-order valence-corrected chi connectivity index (χ4v) is 1.92. The van der Waals surface area contributed by atoms with E-state index < -0.39 is 5.97 Å². The maximum absolute atomic E-state index is 12.1. The van der Waals surface area contributed by atoms with Gasteiger partial charge in [0.25, 0.3) is 0 Å². The van der Waals surface area contributed by atoms with Crippen LogP contribution < -0.4 is 0 Å². The minimum Gasteiger partial charge on any atom is -0.480 e. The molecule has 0 fully saturated rings. The first-order valence-electron chi connectivity index (χ1n) is 6.54. The number of ether oxygens (including phenoxy) is 1. The molecular formula is C14H21N3O4. The van der Waals surface area contributed by atoms with E-state index in [-0.39, 0.29) is 25.6 Å². The zero-order chi connectivity index (χ0) is 16.0. The lowest BCUT2D eigenvalue weighted by molar-refractivity contribution is -0.143. The molecule has 1 heterocycles. The van der Waals surface area contributed by atoms with Crippen molar-refractivity contribution in [1.82, 2.24) is 14.7 Å². The summed E-state index contributed by atoms with van der Waals surface area (Å²) >= 11 is 0. The van der Waals surface area contributed by atoms with Gasteiger partial charge < -0.3 is 14.7 Å². The molecule has 0 aliphatic rings. The number of aromatic nitrogens is 2. The zero-order valence-corrected chi connectivity index (χ0v) is 12.8. The van der Waals surface area contributed by atoms with Crippen LogP contribution in [0.4, 0.5) is 0 Å². The molecule has 0 radical (unpaired) electrons. The smallest absolute Gasteiger partial charge is 0.323 e. The average Bonchev–Trinajstić information content (AvgIpc) is 2.65. The summed E-state index contributed by atoms with van der Waals surface area (Å²) in [6.07, 6.45) is 3.04. The summed E-state index contributed by atoms with van der Waals surface area (Å²) < 4.78 is 6.62. The van der Waals surface area contributed by atoms with Crippen molar-refractivity contribution >= 4 is 18.0 Å². The van der Waals surface area contributed by atoms with E-state index in [4.69, 9.17) is 9.84 Å². The molecule has 7 heteroatoms. The molecule has 0 spiro atoms. The fourth-order valence-electron chi connectivity index (χ4n) is 1.92. The summed E-state index contributed by atoms with van der Waals surface area (Å²) in [5.74, 6) is -1.42. The van der Waals surface area contributed by atoms with Crippen LogP contribution >= 0.6 is 0 Å². The number of carbonyl (C=O) groups is 2. The molecule has 116 valence electrons. The second-order valence-corrected chi connectivity index (χ2v) is 4.69. The first-order chi connectivity index (χ1) is 9.86. The predicted molar refractivity (Wildman–Crippen MR) is 77.8 cm³/mol. The molecule has 0 aliphatic heterocycles. The van der Waals surface area contributed by atoms with E-state index in [9.17, 15) is 9.59 Å². The molecular weight excluding hydrogens is 274 g/mol. The van der Waals surface area contributed by atoms with E-state index in [1.807, 2.05) is 20.9 Å². The molecule has 21 heavy (non-hydrogen) atoms. The van der Waals surface area contributed by atoms with Crippen molar-refractivity contribution in [1.29, 1.82) is 0 Å². The van der Waals surface area contributed by atoms with Crippen LogP contribution in [0, 0.1) is 13.8 Å². The zero-order valence-electron chi connectivity index (χ0n) is 12.8. The van der Waals surface area contributed by atoms with E-state index in [1.165, 1.54) is 18.1 Å². The molecule has 1 aromatic heterocycles. The molecule has 0 aromatic carbocycles. The summed E-state index contributed by atoms with van der Waals surface area (Å²) in [5, 5.41) is 13.1. The number of carbonyl (C=O) groups excluding carboxylic acids is 1. The maximum atomic E-state index is 12.1. The lowest BCUT2D eigenvalue weighted by atomic mass is 10.2. The van der Waals surface area contributed by atoms with E-state index in [2.05, 4.69) is 5.10 Å². The van der Waals surface area contributed by atoms with Gasteiger partial charge in [-0.3, -0.25) is 14.3 Å². The molecule has 0 unspecified atom stereocenters. The summed E-state index contributed by atoms with van der Waals surface area (Å²) in [6.45, 7) is 3.94. The molecule has 0 saturated carbocycles. The van der Waals surface area contributed by atoms with Gasteiger partial charge in [0.2, 0.25) is 5.91 Å². The van der Waals surface area contributed by atoms with Crippen molar-refractivity contribution in [2.24, 2.45) is 7.05 Å². The van der Waals surface area contributed by atoms with Gasteiger partial charge in [0, 0.05) is 38.0 Å². The highest BCUT2D eigenvalue weighted by molar-refractivity contribution is 5.93. The Morgan fingerprint density at radius 2 is 2.10 bits per heavy atom. The van der Waals surface area contributed by atoms with E-state index >= 15 is 0 Å². The molecule has 0 atom stereocenters. The van der Waals surface area contributed by atoms with E-state index in [0.717, 1.165) is 17.0 Å². The highest BCUT2D eigenvalue weighted by Gasteiger charge is 2.14. The number of nitrogens with zero attached hydrogens (tertiary/aromatic N) is 3. The van der Waals surface area contributed by atoms with Crippen molar-refractivity contribution in [3.8, 4) is 0 Å². The predicted octanol–water partition coefficient (Wildman–Crippen LogP) is 0.610. The van der Waals surface area contributed by atoms with Crippen LogP contribution in [-0.4, -0.2) is 58.5 Å². The van der Waals surface area contributed by atoms with Gasteiger partial charge in [-0.05, 0) is 19.9 Å². The molecule has 0 bridgehead atoms. The molecule has 0 saturated heterocycles. The molecule has 7 nitrogen and oxygen atoms in total. The Morgan fingerprint density at radius 3 is 2.57 bits per heavy atom. The topological polar surface area (TPSA) is 84.7 Å². The highest BCUT2D eigenvalue weighted by Crippen LogP contribution is 2.13. The van der Waals surface area contributed by atoms with Gasteiger partial charge in [-0.1, -0.05) is 0 Å². The number of carboxylic acids is 1.